The van der Waals surface area contributed by atoms with Crippen LogP contribution in [0.3, 0.4) is 0 Å². The number of hydrogen-bond acceptors (Lipinski definition) is 1. The van der Waals surface area contributed by atoms with E-state index in [0.29, 0.717) is 0 Å². The molecular weight excluding hydrogens is 281 g/mol. The molecule has 0 aliphatic rings. The third kappa shape index (κ3) is 1.53. The van der Waals surface area contributed by atoms with E-state index >= 15 is 0 Å². The summed E-state index contributed by atoms with van der Waals surface area (Å²) in [4.78, 5) is 10.6. The summed E-state index contributed by atoms with van der Waals surface area (Å²) < 4.78 is 2.27. The van der Waals surface area contributed by atoms with E-state index in [1.807, 2.05) is 18.2 Å². The van der Waals surface area contributed by atoms with Crippen LogP contribution in [0.5, 0.6) is 0 Å². The molecule has 0 saturated carbocycles. The van der Waals surface area contributed by atoms with Crippen molar-refractivity contribution in [3.05, 3.63) is 34.2 Å². The summed E-state index contributed by atoms with van der Waals surface area (Å²) >= 11 is 2.20. The molecule has 0 fully saturated rings. The molecule has 1 aromatic carbocycles. The fraction of sp³-hybridized carbons (Fsp3) is 0. The number of aromatic nitrogens is 1. The second-order valence-corrected chi connectivity index (χ2v) is 3.97. The third-order valence-corrected chi connectivity index (χ3v) is 2.50. The number of rotatable bonds is 0. The number of carbonyl (C=O) groups is 1. The Kier molecular flexibility index (Phi) is 1.99. The van der Waals surface area contributed by atoms with Crippen molar-refractivity contribution in [2.75, 3.05) is 0 Å². The largest absolute Gasteiger partial charge is 0.464 e. The predicted molar refractivity (Wildman–Crippen MR) is 58.1 cm³/mol. The first-order valence-electron chi connectivity index (χ1n) is 3.67. The van der Waals surface area contributed by atoms with Crippen LogP contribution >= 0.6 is 22.6 Å². The highest BCUT2D eigenvalue weighted by Crippen LogP contribution is 2.18. The fourth-order valence-corrected chi connectivity index (χ4v) is 1.74. The Labute approximate surface area is 88.1 Å². The maximum atomic E-state index is 10.6. The first-order valence-corrected chi connectivity index (χ1v) is 4.75. The molecular formula is C9H6INO2. The van der Waals surface area contributed by atoms with Crippen LogP contribution in [0.1, 0.15) is 0 Å². The first-order chi connectivity index (χ1) is 6.16. The molecule has 1 aromatic heterocycles. The molecule has 3 nitrogen and oxygen atoms in total. The average Bonchev–Trinajstić information content (AvgIpc) is 2.46. The third-order valence-electron chi connectivity index (χ3n) is 1.83. The topological polar surface area (TPSA) is 42.2 Å². The number of hydrogen-bond donors (Lipinski definition) is 1. The lowest BCUT2D eigenvalue weighted by atomic mass is 10.2. The normalized spacial score (nSPS) is 10.5. The molecule has 0 unspecified atom stereocenters. The van der Waals surface area contributed by atoms with Gasteiger partial charge < -0.3 is 5.11 Å². The van der Waals surface area contributed by atoms with Crippen LogP contribution in [0.15, 0.2) is 30.6 Å². The minimum atomic E-state index is -0.953. The van der Waals surface area contributed by atoms with E-state index < -0.39 is 6.09 Å². The van der Waals surface area contributed by atoms with Gasteiger partial charge in [-0.15, -0.1) is 0 Å². The highest BCUT2D eigenvalue weighted by atomic mass is 127. The molecule has 1 N–H and O–H groups in total. The van der Waals surface area contributed by atoms with E-state index in [1.54, 1.807) is 12.4 Å². The molecule has 0 saturated heterocycles. The molecule has 66 valence electrons. The highest BCUT2D eigenvalue weighted by molar-refractivity contribution is 14.1. The van der Waals surface area contributed by atoms with E-state index in [2.05, 4.69) is 22.6 Å². The maximum Gasteiger partial charge on any atom is 0.415 e. The van der Waals surface area contributed by atoms with Gasteiger partial charge in [0.05, 0.1) is 0 Å². The van der Waals surface area contributed by atoms with Gasteiger partial charge in [-0.3, -0.25) is 4.57 Å². The Morgan fingerprint density at radius 2 is 2.00 bits per heavy atom. The van der Waals surface area contributed by atoms with Gasteiger partial charge in [0, 0.05) is 26.7 Å². The lowest BCUT2D eigenvalue weighted by molar-refractivity contribution is 0.196. The van der Waals surface area contributed by atoms with Crippen molar-refractivity contribution in [3.8, 4) is 0 Å². The molecule has 0 radical (unpaired) electrons. The SMILES string of the molecule is O=C(O)n1cc2ccc(I)cc2c1. The number of fused-ring (bicyclic) bond motifs is 1. The van der Waals surface area contributed by atoms with Crippen molar-refractivity contribution in [2.24, 2.45) is 0 Å². The summed E-state index contributed by atoms with van der Waals surface area (Å²) in [6, 6.07) is 5.82. The maximum absolute atomic E-state index is 10.6. The zero-order valence-corrected chi connectivity index (χ0v) is 8.72. The number of nitrogens with zero attached hydrogens (tertiary/aromatic N) is 1. The molecule has 0 aliphatic carbocycles. The van der Waals surface area contributed by atoms with Crippen molar-refractivity contribution >= 4 is 39.5 Å². The molecule has 2 aromatic rings. The fourth-order valence-electron chi connectivity index (χ4n) is 1.22. The van der Waals surface area contributed by atoms with Gasteiger partial charge in [-0.05, 0) is 34.7 Å². The van der Waals surface area contributed by atoms with Crippen molar-refractivity contribution in [1.82, 2.24) is 4.57 Å². The lowest BCUT2D eigenvalue weighted by Gasteiger charge is -1.88. The van der Waals surface area contributed by atoms with E-state index in [9.17, 15) is 4.79 Å². The number of benzene rings is 1. The Bertz CT molecular complexity index is 475. The molecule has 0 aliphatic heterocycles. The van der Waals surface area contributed by atoms with Gasteiger partial charge in [0.25, 0.3) is 0 Å². The van der Waals surface area contributed by atoms with Crippen LogP contribution in [-0.2, 0) is 0 Å². The van der Waals surface area contributed by atoms with Crippen LogP contribution in [-0.4, -0.2) is 15.8 Å². The summed E-state index contributed by atoms with van der Waals surface area (Å²) in [5.74, 6) is 0. The molecule has 0 atom stereocenters. The Morgan fingerprint density at radius 3 is 2.69 bits per heavy atom. The van der Waals surface area contributed by atoms with Gasteiger partial charge >= 0.3 is 6.09 Å². The average molecular weight is 287 g/mol. The minimum Gasteiger partial charge on any atom is -0.464 e. The Balaban J connectivity index is 2.68. The van der Waals surface area contributed by atoms with Crippen LogP contribution in [0.2, 0.25) is 0 Å². The standard InChI is InChI=1S/C9H6INO2/c10-8-2-1-6-4-11(9(12)13)5-7(6)3-8/h1-5H,(H,12,13). The summed E-state index contributed by atoms with van der Waals surface area (Å²) in [5.41, 5.74) is 0. The van der Waals surface area contributed by atoms with Crippen LogP contribution in [0.25, 0.3) is 10.8 Å². The van der Waals surface area contributed by atoms with E-state index in [1.165, 1.54) is 4.57 Å². The molecule has 0 spiro atoms. The monoisotopic (exact) mass is 287 g/mol. The zero-order valence-electron chi connectivity index (χ0n) is 6.57. The first kappa shape index (κ1) is 8.55. The van der Waals surface area contributed by atoms with Crippen molar-refractivity contribution < 1.29 is 9.90 Å². The van der Waals surface area contributed by atoms with Gasteiger partial charge in [-0.25, -0.2) is 4.79 Å². The van der Waals surface area contributed by atoms with Gasteiger partial charge in [-0.2, -0.15) is 0 Å². The second kappa shape index (κ2) is 3.02. The van der Waals surface area contributed by atoms with Crippen LogP contribution in [0.4, 0.5) is 4.79 Å². The zero-order chi connectivity index (χ0) is 9.42. The molecule has 0 amide bonds. The van der Waals surface area contributed by atoms with Gasteiger partial charge in [0.15, 0.2) is 0 Å². The summed E-state index contributed by atoms with van der Waals surface area (Å²) in [6.45, 7) is 0. The quantitative estimate of drug-likeness (QED) is 0.757. The number of halogens is 1. The second-order valence-electron chi connectivity index (χ2n) is 2.72. The van der Waals surface area contributed by atoms with Crippen molar-refractivity contribution in [1.29, 1.82) is 0 Å². The van der Waals surface area contributed by atoms with Gasteiger partial charge in [-0.1, -0.05) is 6.07 Å². The molecule has 13 heavy (non-hydrogen) atoms. The highest BCUT2D eigenvalue weighted by Gasteiger charge is 2.03. The van der Waals surface area contributed by atoms with E-state index in [4.69, 9.17) is 5.11 Å². The molecule has 0 bridgehead atoms. The summed E-state index contributed by atoms with van der Waals surface area (Å²) in [7, 11) is 0. The Morgan fingerprint density at radius 1 is 1.31 bits per heavy atom. The number of carboxylic acid groups (broad SMARTS) is 1. The van der Waals surface area contributed by atoms with Crippen LogP contribution < -0.4 is 0 Å². The molecule has 1 heterocycles. The smallest absolute Gasteiger partial charge is 0.415 e. The van der Waals surface area contributed by atoms with Crippen LogP contribution in [0, 0.1) is 3.57 Å². The predicted octanol–water partition coefficient (Wildman–Crippen LogP) is 2.77. The molecule has 2 rings (SSSR count). The van der Waals surface area contributed by atoms with Gasteiger partial charge in [0.2, 0.25) is 0 Å². The lowest BCUT2D eigenvalue weighted by Crippen LogP contribution is -2.03. The van der Waals surface area contributed by atoms with Crippen molar-refractivity contribution in [3.63, 3.8) is 0 Å². The van der Waals surface area contributed by atoms with E-state index in [0.717, 1.165) is 14.3 Å². The van der Waals surface area contributed by atoms with E-state index in [-0.39, 0.29) is 0 Å². The summed E-state index contributed by atoms with van der Waals surface area (Å²) in [6.07, 6.45) is 2.26. The summed E-state index contributed by atoms with van der Waals surface area (Å²) in [5, 5.41) is 10.6. The van der Waals surface area contributed by atoms with Gasteiger partial charge in [0.1, 0.15) is 0 Å². The van der Waals surface area contributed by atoms with Crippen molar-refractivity contribution in [2.45, 2.75) is 0 Å². The minimum absolute atomic E-state index is 0.947. The molecule has 4 heteroatoms. The Hall–Kier alpha value is -1.04.